The Morgan fingerprint density at radius 1 is 0.612 bits per heavy atom. The predicted molar refractivity (Wildman–Crippen MR) is 379 cm³/mol. The molecule has 13 atom stereocenters. The summed E-state index contributed by atoms with van der Waals surface area (Å²) in [5.74, 6) is -9.80. The molecule has 0 radical (unpaired) electrons. The minimum atomic E-state index is -1.70. The van der Waals surface area contributed by atoms with Gasteiger partial charge in [-0.05, 0) is 120 Å². The third kappa shape index (κ3) is 23.9. The number of likely N-dealkylation sites (N-methyl/N-ethyl adjacent to an activating group) is 7. The summed E-state index contributed by atoms with van der Waals surface area (Å²) in [5, 5.41) is 36.6. The number of ether oxygens (including phenoxy) is 1. The van der Waals surface area contributed by atoms with Crippen LogP contribution in [0, 0.1) is 35.5 Å². The Labute approximate surface area is 589 Å². The summed E-state index contributed by atoms with van der Waals surface area (Å²) in [6.45, 7) is 30.9. The van der Waals surface area contributed by atoms with E-state index in [2.05, 4.69) is 31.5 Å². The van der Waals surface area contributed by atoms with Gasteiger partial charge < -0.3 is 70.5 Å². The first-order valence-electron chi connectivity index (χ1n) is 35.3. The number of carbonyl (C=O) groups excluding carboxylic acids is 11. The second kappa shape index (κ2) is 38.7. The number of hydrogen-bond donors (Lipinski definition) is 7. The van der Waals surface area contributed by atoms with Gasteiger partial charge in [-0.25, -0.2) is 0 Å². The van der Waals surface area contributed by atoms with Crippen LogP contribution in [-0.4, -0.2) is 286 Å². The van der Waals surface area contributed by atoms with Crippen molar-refractivity contribution in [2.75, 3.05) is 94.5 Å². The molecule has 0 unspecified atom stereocenters. The van der Waals surface area contributed by atoms with Crippen LogP contribution in [0.3, 0.4) is 0 Å². The smallest absolute Gasteiger partial charge is 0.265 e. The van der Waals surface area contributed by atoms with Gasteiger partial charge in [0.2, 0.25) is 53.2 Å². The van der Waals surface area contributed by atoms with Crippen LogP contribution < -0.4 is 26.6 Å². The number of nitrogens with one attached hydrogen (secondary N) is 5. The van der Waals surface area contributed by atoms with Gasteiger partial charge in [0, 0.05) is 75.4 Å². The monoisotopic (exact) mass is 1400 g/mol. The molecular weight excluding hydrogens is 1280 g/mol. The zero-order valence-corrected chi connectivity index (χ0v) is 64.2. The van der Waals surface area contributed by atoms with Crippen LogP contribution >= 0.6 is 11.8 Å². The highest BCUT2D eigenvalue weighted by Crippen LogP contribution is 2.29. The summed E-state index contributed by atoms with van der Waals surface area (Å²) < 4.78 is 5.56. The fourth-order valence-electron chi connectivity index (χ4n) is 12.6. The van der Waals surface area contributed by atoms with E-state index in [9.17, 15) is 29.4 Å². The van der Waals surface area contributed by atoms with Crippen molar-refractivity contribution in [3.05, 3.63) is 12.2 Å². The molecule has 0 aromatic rings. The first kappa shape index (κ1) is 86.3. The van der Waals surface area contributed by atoms with Crippen LogP contribution in [-0.2, 0) is 57.5 Å². The second-order valence-corrected chi connectivity index (χ2v) is 31.2. The van der Waals surface area contributed by atoms with Crippen molar-refractivity contribution < 1.29 is 67.7 Å². The van der Waals surface area contributed by atoms with Crippen molar-refractivity contribution in [1.82, 2.24) is 65.8 Å². The van der Waals surface area contributed by atoms with E-state index >= 15 is 33.6 Å². The molecule has 1 spiro atoms. The standard InChI is InChI=1S/C70H125N13O14S/c1-24-26-28-46(13)56(84)55-60(88)73-48(25-2)61(89)82(23)67(98-36-27-31-83-32-34-97-35-33-83)66(94)78(19)52(39-69(15,16)96)59(87)74-53(44(9)10)64(92)76(17)49(30-29-41(3)4)58(86)72-47(14)57(85)75-70(40-71-70)68(95)79(20)51(38-43(7)8)62(90)77(18)50(37-42(5)6)63(91)80(21)54(45(11)12)65(93)81(55)22/h24,26,41-56,67,71,84,96H,25,27-40H2,1-23H3,(H,72,86)(H,73,88)(H,74,87)(H,75,85)/b26-24+/t46-,47-,48+,49-,50+,51+,52+,53-,54+,55+,56-,67-,70-/m1/s1. The van der Waals surface area contributed by atoms with Gasteiger partial charge in [0.25, 0.3) is 11.8 Å². The SMILES string of the molecule is C/C=C/C[C@@H](C)[C@@H](O)[C@H]1C(=O)N[C@@H](CC)C(=O)N(C)[C@H](SCCCN2CCOCC2)C(=O)N(C)[C@@H](CC(C)(C)O)C(=O)N[C@H](C(C)C)C(=O)N(C)[C@H](CCC(C)C)C(=O)N[C@H](C)C(=O)N[C@]2(CN2)C(=O)N(C)[C@@H](CC(C)C)C(=O)N(C)[C@@H](CC(C)C)C(=O)N(C)[C@@H](C(C)C)C(=O)N1C. The summed E-state index contributed by atoms with van der Waals surface area (Å²) in [4.78, 5) is 176. The van der Waals surface area contributed by atoms with E-state index in [1.54, 1.807) is 54.5 Å². The van der Waals surface area contributed by atoms with Gasteiger partial charge in [-0.1, -0.05) is 95.2 Å². The maximum Gasteiger partial charge on any atom is 0.265 e. The topological polar surface area (TPSA) is 333 Å². The number of allylic oxidation sites excluding steroid dienone is 2. The van der Waals surface area contributed by atoms with E-state index in [0.717, 1.165) is 21.6 Å². The van der Waals surface area contributed by atoms with Crippen LogP contribution in [0.4, 0.5) is 0 Å². The van der Waals surface area contributed by atoms with Crippen LogP contribution in [0.2, 0.25) is 0 Å². The van der Waals surface area contributed by atoms with E-state index in [4.69, 9.17) is 4.74 Å². The van der Waals surface area contributed by atoms with Gasteiger partial charge in [0.05, 0.1) is 24.9 Å². The number of nitrogens with zero attached hydrogens (tertiary/aromatic N) is 8. The molecule has 3 aliphatic heterocycles. The molecule has 0 saturated carbocycles. The fourth-order valence-corrected chi connectivity index (χ4v) is 13.7. The Hall–Kier alpha value is -5.94. The van der Waals surface area contributed by atoms with Crippen LogP contribution in [0.25, 0.3) is 0 Å². The molecule has 98 heavy (non-hydrogen) atoms. The maximum atomic E-state index is 15.5. The highest BCUT2D eigenvalue weighted by molar-refractivity contribution is 8.00. The van der Waals surface area contributed by atoms with E-state index in [1.165, 1.54) is 94.6 Å². The molecule has 7 N–H and O–H groups in total. The Morgan fingerprint density at radius 2 is 1.13 bits per heavy atom. The molecule has 0 aliphatic carbocycles. The van der Waals surface area contributed by atoms with Gasteiger partial charge >= 0.3 is 0 Å². The van der Waals surface area contributed by atoms with Crippen molar-refractivity contribution in [1.29, 1.82) is 0 Å². The number of hydrogen-bond acceptors (Lipinski definition) is 17. The molecule has 0 aromatic heterocycles. The largest absolute Gasteiger partial charge is 0.390 e. The molecule has 3 rings (SSSR count). The lowest BCUT2D eigenvalue weighted by atomic mass is 9.91. The number of aliphatic hydroxyl groups excluding tert-OH is 1. The first-order valence-corrected chi connectivity index (χ1v) is 36.4. The van der Waals surface area contributed by atoms with Crippen LogP contribution in [0.5, 0.6) is 0 Å². The molecule has 3 heterocycles. The number of amides is 11. The molecule has 0 aromatic carbocycles. The quantitative estimate of drug-likeness (QED) is 0.0493. The summed E-state index contributed by atoms with van der Waals surface area (Å²) >= 11 is 1.14. The number of carbonyl (C=O) groups is 11. The van der Waals surface area contributed by atoms with Gasteiger partial charge in [-0.15, -0.1) is 11.8 Å². The normalized spacial score (nSPS) is 28.1. The summed E-state index contributed by atoms with van der Waals surface area (Å²) in [6, 6.07) is -12.0. The number of morpholine rings is 1. The minimum absolute atomic E-state index is 0.0334. The molecule has 0 bridgehead atoms. The van der Waals surface area contributed by atoms with Gasteiger partial charge in [0.1, 0.15) is 54.4 Å². The van der Waals surface area contributed by atoms with Crippen molar-refractivity contribution >= 4 is 76.7 Å². The predicted octanol–water partition coefficient (Wildman–Crippen LogP) is 2.47. The van der Waals surface area contributed by atoms with E-state index in [1.807, 2.05) is 47.6 Å². The summed E-state index contributed by atoms with van der Waals surface area (Å²) in [7, 11) is 9.90. The Kier molecular flexibility index (Phi) is 34.1. The zero-order chi connectivity index (χ0) is 74.8. The average Bonchev–Trinajstić information content (AvgIpc) is 1.58. The van der Waals surface area contributed by atoms with Crippen molar-refractivity contribution in [2.45, 2.75) is 239 Å². The molecule has 3 aliphatic rings. The summed E-state index contributed by atoms with van der Waals surface area (Å²) in [5.41, 5.74) is -3.29. The first-order chi connectivity index (χ1) is 45.5. The third-order valence-corrected chi connectivity index (χ3v) is 20.3. The second-order valence-electron chi connectivity index (χ2n) is 30.0. The lowest BCUT2D eigenvalue weighted by molar-refractivity contribution is -0.157. The van der Waals surface area contributed by atoms with Crippen molar-refractivity contribution in [3.8, 4) is 0 Å². The Bertz CT molecular complexity index is 2740. The highest BCUT2D eigenvalue weighted by atomic mass is 32.2. The molecule has 560 valence electrons. The van der Waals surface area contributed by atoms with Gasteiger partial charge in [-0.3, -0.25) is 63.0 Å². The van der Waals surface area contributed by atoms with Crippen LogP contribution in [0.1, 0.15) is 162 Å². The Morgan fingerprint density at radius 3 is 1.63 bits per heavy atom. The lowest BCUT2D eigenvalue weighted by Crippen LogP contribution is -2.64. The number of rotatable bonds is 21. The molecule has 3 fully saturated rings. The van der Waals surface area contributed by atoms with Gasteiger partial charge in [0.15, 0.2) is 11.0 Å². The molecule has 27 nitrogen and oxygen atoms in total. The zero-order valence-electron chi connectivity index (χ0n) is 63.4. The highest BCUT2D eigenvalue weighted by Gasteiger charge is 2.55. The number of thioether (sulfide) groups is 1. The van der Waals surface area contributed by atoms with Crippen molar-refractivity contribution in [3.63, 3.8) is 0 Å². The maximum absolute atomic E-state index is 15.5. The minimum Gasteiger partial charge on any atom is -0.390 e. The fraction of sp³-hybridized carbons (Fsp3) is 0.814. The lowest BCUT2D eigenvalue weighted by Gasteiger charge is -2.41. The molecule has 3 saturated heterocycles. The Balaban J connectivity index is 2.41. The van der Waals surface area contributed by atoms with Gasteiger partial charge in [-0.2, -0.15) is 0 Å². The van der Waals surface area contributed by atoms with Crippen LogP contribution in [0.15, 0.2) is 12.2 Å². The van der Waals surface area contributed by atoms with Crippen molar-refractivity contribution in [2.24, 2.45) is 35.5 Å². The molecular formula is C70H125N13O14S. The van der Waals surface area contributed by atoms with E-state index in [0.29, 0.717) is 51.4 Å². The van der Waals surface area contributed by atoms with E-state index < -0.39 is 160 Å². The van der Waals surface area contributed by atoms with E-state index in [-0.39, 0.29) is 62.8 Å². The average molecular weight is 1400 g/mol. The third-order valence-electron chi connectivity index (χ3n) is 19.0. The summed E-state index contributed by atoms with van der Waals surface area (Å²) in [6.07, 6.45) is 3.37. The molecule has 11 amide bonds. The molecule has 28 heteroatoms. The number of aliphatic hydroxyl groups is 2.